The van der Waals surface area contributed by atoms with E-state index in [4.69, 9.17) is 4.74 Å². The molecule has 0 bridgehead atoms. The minimum absolute atomic E-state index is 0.0121. The van der Waals surface area contributed by atoms with E-state index in [1.807, 2.05) is 41.3 Å². The number of fused-ring (bicyclic) bond motifs is 1. The topological polar surface area (TPSA) is 29.5 Å². The summed E-state index contributed by atoms with van der Waals surface area (Å²) in [5.41, 5.74) is 2.24. The predicted octanol–water partition coefficient (Wildman–Crippen LogP) is 4.57. The number of hydrogen-bond acceptors (Lipinski definition) is 2. The van der Waals surface area contributed by atoms with Gasteiger partial charge in [-0.25, -0.2) is 0 Å². The average molecular weight is 425 g/mol. The number of carbonyl (C=O) groups is 1. The summed E-state index contributed by atoms with van der Waals surface area (Å²) in [5.74, 6) is 0.656. The lowest BCUT2D eigenvalue weighted by Gasteiger charge is -2.29. The standard InChI is InChI=1S/C17H15Br2NO2/c18-13-7-8-16(14(19)10-13)22-11-17(21)20-9-3-5-12-4-1-2-6-15(12)20/h1-2,4,6-8,10H,3,5,9,11H2. The van der Waals surface area contributed by atoms with E-state index >= 15 is 0 Å². The van der Waals surface area contributed by atoms with Crippen molar-refractivity contribution in [2.24, 2.45) is 0 Å². The summed E-state index contributed by atoms with van der Waals surface area (Å²) >= 11 is 6.84. The Morgan fingerprint density at radius 2 is 2.00 bits per heavy atom. The number of carbonyl (C=O) groups excluding carboxylic acids is 1. The minimum atomic E-state index is -0.0121. The van der Waals surface area contributed by atoms with E-state index in [-0.39, 0.29) is 12.5 Å². The van der Waals surface area contributed by atoms with Gasteiger partial charge in [0.25, 0.3) is 5.91 Å². The average Bonchev–Trinajstić information content (AvgIpc) is 2.53. The summed E-state index contributed by atoms with van der Waals surface area (Å²) in [6, 6.07) is 13.7. The summed E-state index contributed by atoms with van der Waals surface area (Å²) < 4.78 is 7.45. The molecule has 1 amide bonds. The molecule has 2 aromatic carbocycles. The molecule has 1 aliphatic heterocycles. The zero-order chi connectivity index (χ0) is 15.5. The van der Waals surface area contributed by atoms with Crippen molar-refractivity contribution < 1.29 is 9.53 Å². The highest BCUT2D eigenvalue weighted by Crippen LogP contribution is 2.29. The quantitative estimate of drug-likeness (QED) is 0.722. The van der Waals surface area contributed by atoms with Gasteiger partial charge in [-0.05, 0) is 58.6 Å². The molecule has 114 valence electrons. The van der Waals surface area contributed by atoms with Crippen molar-refractivity contribution in [2.45, 2.75) is 12.8 Å². The molecular weight excluding hydrogens is 410 g/mol. The van der Waals surface area contributed by atoms with E-state index in [0.717, 1.165) is 34.0 Å². The lowest BCUT2D eigenvalue weighted by Crippen LogP contribution is -2.38. The molecule has 0 saturated carbocycles. The van der Waals surface area contributed by atoms with Crippen LogP contribution >= 0.6 is 31.9 Å². The van der Waals surface area contributed by atoms with Crippen molar-refractivity contribution in [3.05, 3.63) is 57.0 Å². The van der Waals surface area contributed by atoms with E-state index < -0.39 is 0 Å². The molecule has 5 heteroatoms. The number of hydrogen-bond donors (Lipinski definition) is 0. The fraction of sp³-hybridized carbons (Fsp3) is 0.235. The van der Waals surface area contributed by atoms with Crippen LogP contribution in [0.15, 0.2) is 51.4 Å². The van der Waals surface area contributed by atoms with Crippen molar-refractivity contribution in [3.63, 3.8) is 0 Å². The lowest BCUT2D eigenvalue weighted by atomic mass is 10.0. The van der Waals surface area contributed by atoms with Crippen molar-refractivity contribution in [3.8, 4) is 5.75 Å². The molecule has 0 spiro atoms. The third-order valence-corrected chi connectivity index (χ3v) is 4.77. The summed E-state index contributed by atoms with van der Waals surface area (Å²) in [4.78, 5) is 14.3. The summed E-state index contributed by atoms with van der Waals surface area (Å²) in [6.07, 6.45) is 2.02. The number of anilines is 1. The summed E-state index contributed by atoms with van der Waals surface area (Å²) in [6.45, 7) is 0.787. The SMILES string of the molecule is O=C(COc1ccc(Br)cc1Br)N1CCCc2ccccc21. The molecule has 0 fully saturated rings. The van der Waals surface area contributed by atoms with Gasteiger partial charge in [0, 0.05) is 16.7 Å². The number of nitrogens with zero attached hydrogens (tertiary/aromatic N) is 1. The molecule has 0 N–H and O–H groups in total. The Balaban J connectivity index is 1.70. The second-order valence-electron chi connectivity index (χ2n) is 5.14. The number of ether oxygens (including phenoxy) is 1. The fourth-order valence-corrected chi connectivity index (χ4v) is 3.76. The first-order chi connectivity index (χ1) is 10.6. The van der Waals surface area contributed by atoms with Gasteiger partial charge < -0.3 is 9.64 Å². The molecule has 0 saturated heterocycles. The molecule has 2 aromatic rings. The molecule has 0 aromatic heterocycles. The highest BCUT2D eigenvalue weighted by Gasteiger charge is 2.22. The maximum absolute atomic E-state index is 12.5. The van der Waals surface area contributed by atoms with Gasteiger partial charge >= 0.3 is 0 Å². The number of halogens is 2. The summed E-state index contributed by atoms with van der Waals surface area (Å²) in [5, 5.41) is 0. The van der Waals surface area contributed by atoms with Crippen LogP contribution < -0.4 is 9.64 Å². The van der Waals surface area contributed by atoms with Gasteiger partial charge in [0.2, 0.25) is 0 Å². The Morgan fingerprint density at radius 3 is 2.82 bits per heavy atom. The third-order valence-electron chi connectivity index (χ3n) is 3.66. The fourth-order valence-electron chi connectivity index (χ4n) is 2.60. The normalized spacial score (nSPS) is 13.6. The van der Waals surface area contributed by atoms with E-state index in [1.54, 1.807) is 0 Å². The van der Waals surface area contributed by atoms with Crippen LogP contribution in [0.2, 0.25) is 0 Å². The van der Waals surface area contributed by atoms with E-state index in [0.29, 0.717) is 5.75 Å². The molecular formula is C17H15Br2NO2. The zero-order valence-electron chi connectivity index (χ0n) is 11.9. The van der Waals surface area contributed by atoms with Crippen molar-refractivity contribution in [1.82, 2.24) is 0 Å². The van der Waals surface area contributed by atoms with Gasteiger partial charge in [0.05, 0.1) is 4.47 Å². The highest BCUT2D eigenvalue weighted by atomic mass is 79.9. The molecule has 0 radical (unpaired) electrons. The maximum Gasteiger partial charge on any atom is 0.264 e. The number of aryl methyl sites for hydroxylation is 1. The number of benzene rings is 2. The molecule has 0 atom stereocenters. The second kappa shape index (κ2) is 6.84. The lowest BCUT2D eigenvalue weighted by molar-refractivity contribution is -0.120. The Bertz CT molecular complexity index is 703. The number of rotatable bonds is 3. The molecule has 3 rings (SSSR count). The van der Waals surface area contributed by atoms with Crippen LogP contribution in [0.25, 0.3) is 0 Å². The minimum Gasteiger partial charge on any atom is -0.483 e. The zero-order valence-corrected chi connectivity index (χ0v) is 15.1. The Kier molecular flexibility index (Phi) is 4.84. The largest absolute Gasteiger partial charge is 0.483 e. The number of amides is 1. The van der Waals surface area contributed by atoms with Crippen LogP contribution in [0.1, 0.15) is 12.0 Å². The third kappa shape index (κ3) is 3.36. The first-order valence-electron chi connectivity index (χ1n) is 7.11. The van der Waals surface area contributed by atoms with Crippen LogP contribution in [0.5, 0.6) is 5.75 Å². The molecule has 0 aliphatic carbocycles. The van der Waals surface area contributed by atoms with Gasteiger partial charge in [-0.1, -0.05) is 34.1 Å². The van der Waals surface area contributed by atoms with E-state index in [1.165, 1.54) is 5.56 Å². The van der Waals surface area contributed by atoms with Crippen molar-refractivity contribution in [1.29, 1.82) is 0 Å². The maximum atomic E-state index is 12.5. The van der Waals surface area contributed by atoms with E-state index in [2.05, 4.69) is 37.9 Å². The molecule has 22 heavy (non-hydrogen) atoms. The van der Waals surface area contributed by atoms with Crippen LogP contribution in [0.3, 0.4) is 0 Å². The Labute approximate surface area is 146 Å². The molecule has 1 heterocycles. The van der Waals surface area contributed by atoms with Gasteiger partial charge in [-0.2, -0.15) is 0 Å². The molecule has 0 unspecified atom stereocenters. The molecule has 3 nitrogen and oxygen atoms in total. The van der Waals surface area contributed by atoms with Crippen LogP contribution in [-0.2, 0) is 11.2 Å². The predicted molar refractivity (Wildman–Crippen MR) is 94.5 cm³/mol. The Hall–Kier alpha value is -1.33. The van der Waals surface area contributed by atoms with Gasteiger partial charge in [-0.15, -0.1) is 0 Å². The smallest absolute Gasteiger partial charge is 0.264 e. The second-order valence-corrected chi connectivity index (χ2v) is 6.91. The van der Waals surface area contributed by atoms with Crippen molar-refractivity contribution >= 4 is 43.5 Å². The van der Waals surface area contributed by atoms with Gasteiger partial charge in [0.15, 0.2) is 6.61 Å². The van der Waals surface area contributed by atoms with Gasteiger partial charge in [-0.3, -0.25) is 4.79 Å². The first-order valence-corrected chi connectivity index (χ1v) is 8.70. The highest BCUT2D eigenvalue weighted by molar-refractivity contribution is 9.11. The summed E-state index contributed by atoms with van der Waals surface area (Å²) in [7, 11) is 0. The van der Waals surface area contributed by atoms with Crippen molar-refractivity contribution in [2.75, 3.05) is 18.1 Å². The molecule has 1 aliphatic rings. The first kappa shape index (κ1) is 15.6. The monoisotopic (exact) mass is 423 g/mol. The van der Waals surface area contributed by atoms with Crippen LogP contribution in [-0.4, -0.2) is 19.1 Å². The number of para-hydroxylation sites is 1. The van der Waals surface area contributed by atoms with Gasteiger partial charge in [0.1, 0.15) is 5.75 Å². The van der Waals surface area contributed by atoms with E-state index in [9.17, 15) is 4.79 Å². The Morgan fingerprint density at radius 1 is 1.18 bits per heavy atom. The van der Waals surface area contributed by atoms with Crippen LogP contribution in [0, 0.1) is 0 Å². The van der Waals surface area contributed by atoms with Crippen LogP contribution in [0.4, 0.5) is 5.69 Å².